The monoisotopic (exact) mass is 319 g/mol. The van der Waals surface area contributed by atoms with Crippen molar-refractivity contribution in [2.24, 2.45) is 0 Å². The number of benzene rings is 1. The number of rotatable bonds is 6. The van der Waals surface area contributed by atoms with E-state index in [2.05, 4.69) is 27.5 Å². The molecule has 1 N–H and O–H groups in total. The van der Waals surface area contributed by atoms with Crippen LogP contribution in [0, 0.1) is 5.82 Å². The molecule has 1 aromatic rings. The van der Waals surface area contributed by atoms with Crippen molar-refractivity contribution >= 4 is 33.6 Å². The maximum absolute atomic E-state index is 13.0. The van der Waals surface area contributed by atoms with Gasteiger partial charge in [0.1, 0.15) is 5.82 Å². The zero-order valence-corrected chi connectivity index (χ0v) is 12.0. The van der Waals surface area contributed by atoms with Crippen molar-refractivity contribution in [2.75, 3.05) is 18.6 Å². The molecule has 0 heterocycles. The maximum atomic E-state index is 13.0. The number of thioether (sulfide) groups is 1. The molecule has 0 unspecified atom stereocenters. The summed E-state index contributed by atoms with van der Waals surface area (Å²) in [6, 6.07) is 4.10. The number of halogens is 2. The number of nitrogens with one attached hydrogen (secondary N) is 1. The molecule has 0 fully saturated rings. The van der Waals surface area contributed by atoms with Gasteiger partial charge in [-0.3, -0.25) is 4.79 Å². The van der Waals surface area contributed by atoms with Crippen LogP contribution < -0.4 is 5.32 Å². The van der Waals surface area contributed by atoms with E-state index in [0.717, 1.165) is 18.6 Å². The molecule has 1 aromatic carbocycles. The van der Waals surface area contributed by atoms with Crippen LogP contribution in [-0.4, -0.2) is 24.5 Å². The van der Waals surface area contributed by atoms with Gasteiger partial charge in [-0.05, 0) is 59.0 Å². The van der Waals surface area contributed by atoms with Crippen LogP contribution in [0.15, 0.2) is 22.7 Å². The first kappa shape index (κ1) is 14.5. The molecular weight excluding hydrogens is 305 g/mol. The molecule has 0 aliphatic heterocycles. The minimum atomic E-state index is -0.402. The van der Waals surface area contributed by atoms with Gasteiger partial charge in [0.2, 0.25) is 0 Å². The molecule has 0 spiro atoms. The molecule has 0 aromatic heterocycles. The van der Waals surface area contributed by atoms with E-state index in [1.165, 1.54) is 18.2 Å². The fourth-order valence-electron chi connectivity index (χ4n) is 1.34. The molecular formula is C12H15BrFNOS. The summed E-state index contributed by atoms with van der Waals surface area (Å²) in [6.07, 6.45) is 4.08. The number of carbonyl (C=O) groups excluding carboxylic acids is 1. The lowest BCUT2D eigenvalue weighted by Gasteiger charge is -2.06. The minimum Gasteiger partial charge on any atom is -0.352 e. The predicted octanol–water partition coefficient (Wildman–Crippen LogP) is 3.46. The molecule has 0 atom stereocenters. The smallest absolute Gasteiger partial charge is 0.252 e. The average Bonchev–Trinajstić information content (AvgIpc) is 2.32. The van der Waals surface area contributed by atoms with Crippen LogP contribution in [0.25, 0.3) is 0 Å². The molecule has 0 bridgehead atoms. The van der Waals surface area contributed by atoms with Gasteiger partial charge in [0.05, 0.1) is 5.56 Å². The van der Waals surface area contributed by atoms with E-state index >= 15 is 0 Å². The molecule has 0 saturated carbocycles. The lowest BCUT2D eigenvalue weighted by Crippen LogP contribution is -2.25. The van der Waals surface area contributed by atoms with Crippen LogP contribution in [0.5, 0.6) is 0 Å². The highest BCUT2D eigenvalue weighted by Crippen LogP contribution is 2.17. The average molecular weight is 320 g/mol. The maximum Gasteiger partial charge on any atom is 0.252 e. The van der Waals surface area contributed by atoms with Gasteiger partial charge in [-0.1, -0.05) is 0 Å². The highest BCUT2D eigenvalue weighted by Gasteiger charge is 2.10. The first-order valence-corrected chi connectivity index (χ1v) is 7.56. The highest BCUT2D eigenvalue weighted by atomic mass is 79.9. The van der Waals surface area contributed by atoms with Gasteiger partial charge in [-0.2, -0.15) is 11.8 Å². The van der Waals surface area contributed by atoms with Gasteiger partial charge in [-0.15, -0.1) is 0 Å². The number of carbonyl (C=O) groups is 1. The standard InChI is InChI=1S/C12H15BrFNOS/c1-17-7-3-2-6-15-12(16)10-8-9(14)4-5-11(10)13/h4-5,8H,2-3,6-7H2,1H3,(H,15,16). The normalized spacial score (nSPS) is 10.3. The van der Waals surface area contributed by atoms with E-state index in [1.807, 2.05) is 0 Å². The van der Waals surface area contributed by atoms with E-state index < -0.39 is 5.82 Å². The third kappa shape index (κ3) is 5.08. The Morgan fingerprint density at radius 2 is 2.24 bits per heavy atom. The van der Waals surface area contributed by atoms with E-state index in [0.29, 0.717) is 16.6 Å². The third-order valence-corrected chi connectivity index (χ3v) is 3.62. The van der Waals surface area contributed by atoms with E-state index in [1.54, 1.807) is 11.8 Å². The van der Waals surface area contributed by atoms with Gasteiger partial charge in [0, 0.05) is 11.0 Å². The van der Waals surface area contributed by atoms with Crippen molar-refractivity contribution in [3.8, 4) is 0 Å². The van der Waals surface area contributed by atoms with Crippen molar-refractivity contribution in [3.63, 3.8) is 0 Å². The molecule has 2 nitrogen and oxygen atoms in total. The Morgan fingerprint density at radius 1 is 1.47 bits per heavy atom. The number of hydrogen-bond donors (Lipinski definition) is 1. The number of unbranched alkanes of at least 4 members (excludes halogenated alkanes) is 1. The fourth-order valence-corrected chi connectivity index (χ4v) is 2.26. The molecule has 1 rings (SSSR count). The molecule has 1 amide bonds. The van der Waals surface area contributed by atoms with Crippen LogP contribution in [0.1, 0.15) is 23.2 Å². The molecule has 0 aliphatic carbocycles. The van der Waals surface area contributed by atoms with E-state index in [4.69, 9.17) is 0 Å². The van der Waals surface area contributed by atoms with E-state index in [-0.39, 0.29) is 5.91 Å². The second-order valence-electron chi connectivity index (χ2n) is 3.58. The Labute approximate surface area is 113 Å². The SMILES string of the molecule is CSCCCCNC(=O)c1cc(F)ccc1Br. The fraction of sp³-hybridized carbons (Fsp3) is 0.417. The van der Waals surface area contributed by atoms with Crippen LogP contribution in [-0.2, 0) is 0 Å². The molecule has 17 heavy (non-hydrogen) atoms. The summed E-state index contributed by atoms with van der Waals surface area (Å²) in [5, 5.41) is 2.78. The van der Waals surface area contributed by atoms with Crippen LogP contribution in [0.4, 0.5) is 4.39 Å². The molecule has 94 valence electrons. The van der Waals surface area contributed by atoms with E-state index in [9.17, 15) is 9.18 Å². The summed E-state index contributed by atoms with van der Waals surface area (Å²) in [5.74, 6) is 0.459. The van der Waals surface area contributed by atoms with Crippen LogP contribution >= 0.6 is 27.7 Å². The Morgan fingerprint density at radius 3 is 2.94 bits per heavy atom. The van der Waals surface area contributed by atoms with Gasteiger partial charge in [0.15, 0.2) is 0 Å². The molecule has 0 saturated heterocycles. The minimum absolute atomic E-state index is 0.236. The number of amides is 1. The highest BCUT2D eigenvalue weighted by molar-refractivity contribution is 9.10. The summed E-state index contributed by atoms with van der Waals surface area (Å²) in [6.45, 7) is 0.627. The van der Waals surface area contributed by atoms with Crippen molar-refractivity contribution < 1.29 is 9.18 Å². The van der Waals surface area contributed by atoms with Crippen molar-refractivity contribution in [1.29, 1.82) is 0 Å². The summed E-state index contributed by atoms with van der Waals surface area (Å²) in [7, 11) is 0. The zero-order valence-electron chi connectivity index (χ0n) is 9.63. The molecule has 0 radical (unpaired) electrons. The summed E-state index contributed by atoms with van der Waals surface area (Å²) >= 11 is 5.03. The molecule has 5 heteroatoms. The molecule has 0 aliphatic rings. The largest absolute Gasteiger partial charge is 0.352 e. The second-order valence-corrected chi connectivity index (χ2v) is 5.42. The van der Waals surface area contributed by atoms with Gasteiger partial charge in [0.25, 0.3) is 5.91 Å². The van der Waals surface area contributed by atoms with Crippen LogP contribution in [0.2, 0.25) is 0 Å². The Kier molecular flexibility index (Phi) is 6.58. The van der Waals surface area contributed by atoms with Crippen molar-refractivity contribution in [1.82, 2.24) is 5.32 Å². The number of hydrogen-bond acceptors (Lipinski definition) is 2. The van der Waals surface area contributed by atoms with Gasteiger partial charge >= 0.3 is 0 Å². The summed E-state index contributed by atoms with van der Waals surface area (Å²) < 4.78 is 13.6. The summed E-state index contributed by atoms with van der Waals surface area (Å²) in [5.41, 5.74) is 0.342. The third-order valence-electron chi connectivity index (χ3n) is 2.23. The quantitative estimate of drug-likeness (QED) is 0.813. The lowest BCUT2D eigenvalue weighted by atomic mass is 10.2. The first-order valence-electron chi connectivity index (χ1n) is 5.37. The first-order chi connectivity index (χ1) is 8.15. The Hall–Kier alpha value is -0.550. The van der Waals surface area contributed by atoms with Crippen LogP contribution in [0.3, 0.4) is 0 Å². The van der Waals surface area contributed by atoms with Gasteiger partial charge < -0.3 is 5.32 Å². The topological polar surface area (TPSA) is 29.1 Å². The Balaban J connectivity index is 2.44. The summed E-state index contributed by atoms with van der Waals surface area (Å²) in [4.78, 5) is 11.7. The second kappa shape index (κ2) is 7.71. The zero-order chi connectivity index (χ0) is 12.7. The van der Waals surface area contributed by atoms with Crippen molar-refractivity contribution in [3.05, 3.63) is 34.1 Å². The van der Waals surface area contributed by atoms with Gasteiger partial charge in [-0.25, -0.2) is 4.39 Å². The Bertz CT molecular complexity index is 387. The predicted molar refractivity (Wildman–Crippen MR) is 74.0 cm³/mol. The van der Waals surface area contributed by atoms with Crippen molar-refractivity contribution in [2.45, 2.75) is 12.8 Å². The lowest BCUT2D eigenvalue weighted by molar-refractivity contribution is 0.0952.